The van der Waals surface area contributed by atoms with Crippen LogP contribution in [0.2, 0.25) is 0 Å². The van der Waals surface area contributed by atoms with Gasteiger partial charge >= 0.3 is 0 Å². The number of hydrogen-bond donors (Lipinski definition) is 3. The Kier molecular flexibility index (Phi) is 3.72. The van der Waals surface area contributed by atoms with E-state index in [9.17, 15) is 15.0 Å². The van der Waals surface area contributed by atoms with Gasteiger partial charge in [0.1, 0.15) is 5.75 Å². The molecular formula is C19H19NO4. The lowest BCUT2D eigenvalue weighted by Gasteiger charge is -2.09. The number of fused-ring (bicyclic) bond motifs is 1. The number of nitrogen functional groups attached to an aromatic ring is 1. The van der Waals surface area contributed by atoms with E-state index >= 15 is 0 Å². The number of phenols is 2. The van der Waals surface area contributed by atoms with Crippen molar-refractivity contribution in [3.8, 4) is 17.2 Å². The third-order valence-corrected chi connectivity index (χ3v) is 4.39. The van der Waals surface area contributed by atoms with E-state index in [0.717, 1.165) is 16.7 Å². The van der Waals surface area contributed by atoms with Gasteiger partial charge < -0.3 is 20.7 Å². The Labute approximate surface area is 140 Å². The maximum atomic E-state index is 12.7. The summed E-state index contributed by atoms with van der Waals surface area (Å²) in [6.45, 7) is 3.63. The van der Waals surface area contributed by atoms with Crippen molar-refractivity contribution in [2.24, 2.45) is 0 Å². The molecule has 24 heavy (non-hydrogen) atoms. The van der Waals surface area contributed by atoms with Gasteiger partial charge in [0.25, 0.3) is 0 Å². The van der Waals surface area contributed by atoms with E-state index in [2.05, 4.69) is 0 Å². The number of ether oxygens (including phenoxy) is 1. The summed E-state index contributed by atoms with van der Waals surface area (Å²) in [5.74, 6) is 0.189. The van der Waals surface area contributed by atoms with Crippen LogP contribution in [0, 0.1) is 13.8 Å². The van der Waals surface area contributed by atoms with E-state index in [1.807, 2.05) is 26.0 Å². The number of benzene rings is 2. The first-order valence-electron chi connectivity index (χ1n) is 7.57. The second-order valence-corrected chi connectivity index (χ2v) is 6.05. The molecule has 0 heterocycles. The molecule has 3 rings (SSSR count). The van der Waals surface area contributed by atoms with Gasteiger partial charge in [-0.3, -0.25) is 4.79 Å². The summed E-state index contributed by atoms with van der Waals surface area (Å²) in [7, 11) is 1.42. The molecule has 1 aliphatic carbocycles. The fraction of sp³-hybridized carbons (Fsp3) is 0.211. The topological polar surface area (TPSA) is 92.8 Å². The minimum absolute atomic E-state index is 0.126. The SMILES string of the molecule is COc1cc2c(c(N)c1O)C/C(=C\c1cc(C)c(O)c(C)c1)C2=O. The molecule has 0 fully saturated rings. The molecule has 0 radical (unpaired) electrons. The Morgan fingerprint density at radius 2 is 1.75 bits per heavy atom. The first-order chi connectivity index (χ1) is 11.3. The molecule has 4 N–H and O–H groups in total. The normalized spacial score (nSPS) is 15.0. The molecule has 5 nitrogen and oxygen atoms in total. The molecule has 124 valence electrons. The first kappa shape index (κ1) is 15.9. The van der Waals surface area contributed by atoms with Crippen LogP contribution in [0.3, 0.4) is 0 Å². The van der Waals surface area contributed by atoms with Gasteiger partial charge in [-0.05, 0) is 60.4 Å². The second kappa shape index (κ2) is 5.60. The zero-order valence-corrected chi connectivity index (χ0v) is 13.8. The van der Waals surface area contributed by atoms with Crippen LogP contribution < -0.4 is 10.5 Å². The van der Waals surface area contributed by atoms with Crippen LogP contribution in [-0.4, -0.2) is 23.1 Å². The van der Waals surface area contributed by atoms with E-state index in [0.29, 0.717) is 23.1 Å². The summed E-state index contributed by atoms with van der Waals surface area (Å²) in [4.78, 5) is 12.7. The maximum Gasteiger partial charge on any atom is 0.189 e. The van der Waals surface area contributed by atoms with E-state index in [-0.39, 0.29) is 28.7 Å². The monoisotopic (exact) mass is 325 g/mol. The number of methoxy groups -OCH3 is 1. The average molecular weight is 325 g/mol. The number of carbonyl (C=O) groups is 1. The van der Waals surface area contributed by atoms with E-state index in [1.165, 1.54) is 13.2 Å². The summed E-state index contributed by atoms with van der Waals surface area (Å²) < 4.78 is 5.07. The van der Waals surface area contributed by atoms with Gasteiger partial charge in [-0.2, -0.15) is 0 Å². The number of hydrogen-bond acceptors (Lipinski definition) is 5. The Bertz CT molecular complexity index is 874. The number of aromatic hydroxyl groups is 2. The molecule has 0 spiro atoms. The standard InChI is InChI=1S/C19H19NO4/c1-9-4-11(5-10(2)17(9)21)6-12-7-13-14(18(12)22)8-15(24-3)19(23)16(13)20/h4-6,8,21,23H,7,20H2,1-3H3/b12-6+. The van der Waals surface area contributed by atoms with Crippen molar-refractivity contribution in [2.45, 2.75) is 20.3 Å². The molecular weight excluding hydrogens is 306 g/mol. The number of anilines is 1. The number of aryl methyl sites for hydroxylation is 2. The summed E-state index contributed by atoms with van der Waals surface area (Å²) in [6.07, 6.45) is 2.15. The van der Waals surface area contributed by atoms with Crippen molar-refractivity contribution in [3.63, 3.8) is 0 Å². The summed E-state index contributed by atoms with van der Waals surface area (Å²) in [5.41, 5.74) is 10.2. The van der Waals surface area contributed by atoms with Crippen LogP contribution in [0.4, 0.5) is 5.69 Å². The van der Waals surface area contributed by atoms with Gasteiger partial charge in [-0.1, -0.05) is 0 Å². The lowest BCUT2D eigenvalue weighted by atomic mass is 10.0. The highest BCUT2D eigenvalue weighted by Crippen LogP contribution is 2.42. The van der Waals surface area contributed by atoms with E-state index < -0.39 is 0 Å². The molecule has 5 heteroatoms. The maximum absolute atomic E-state index is 12.7. The third kappa shape index (κ3) is 2.38. The summed E-state index contributed by atoms with van der Waals surface area (Å²) >= 11 is 0. The Morgan fingerprint density at radius 3 is 2.33 bits per heavy atom. The van der Waals surface area contributed by atoms with Gasteiger partial charge in [-0.25, -0.2) is 0 Å². The van der Waals surface area contributed by atoms with Crippen molar-refractivity contribution in [3.05, 3.63) is 51.6 Å². The smallest absolute Gasteiger partial charge is 0.189 e. The van der Waals surface area contributed by atoms with Gasteiger partial charge in [0.15, 0.2) is 17.3 Å². The largest absolute Gasteiger partial charge is 0.507 e. The zero-order chi connectivity index (χ0) is 17.6. The van der Waals surface area contributed by atoms with Gasteiger partial charge in [0.2, 0.25) is 0 Å². The molecule has 2 aromatic carbocycles. The average Bonchev–Trinajstić information content (AvgIpc) is 2.85. The minimum Gasteiger partial charge on any atom is -0.507 e. The third-order valence-electron chi connectivity index (χ3n) is 4.39. The Hall–Kier alpha value is -2.95. The highest BCUT2D eigenvalue weighted by molar-refractivity contribution is 6.17. The predicted molar refractivity (Wildman–Crippen MR) is 92.7 cm³/mol. The van der Waals surface area contributed by atoms with Crippen LogP contribution in [0.1, 0.15) is 32.6 Å². The molecule has 0 amide bonds. The highest BCUT2D eigenvalue weighted by Gasteiger charge is 2.30. The Balaban J connectivity index is 2.07. The molecule has 0 saturated heterocycles. The summed E-state index contributed by atoms with van der Waals surface area (Å²) in [6, 6.07) is 5.18. The minimum atomic E-state index is -0.137. The number of carbonyl (C=O) groups excluding carboxylic acids is 1. The van der Waals surface area contributed by atoms with E-state index in [1.54, 1.807) is 6.08 Å². The molecule has 2 aromatic rings. The molecule has 0 unspecified atom stereocenters. The summed E-state index contributed by atoms with van der Waals surface area (Å²) in [5, 5.41) is 19.9. The number of phenolic OH excluding ortho intramolecular Hbond substituents is 2. The van der Waals surface area contributed by atoms with Crippen LogP contribution >= 0.6 is 0 Å². The van der Waals surface area contributed by atoms with Gasteiger partial charge in [-0.15, -0.1) is 0 Å². The van der Waals surface area contributed by atoms with Crippen molar-refractivity contribution >= 4 is 17.5 Å². The zero-order valence-electron chi connectivity index (χ0n) is 13.8. The number of Topliss-reactive ketones (excluding diaryl/α,β-unsaturated/α-hetero) is 1. The van der Waals surface area contributed by atoms with Crippen LogP contribution in [0.25, 0.3) is 6.08 Å². The van der Waals surface area contributed by atoms with Crippen molar-refractivity contribution in [1.29, 1.82) is 0 Å². The fourth-order valence-electron chi connectivity index (χ4n) is 3.09. The molecule has 0 aromatic heterocycles. The number of allylic oxidation sites excluding steroid dienone is 1. The first-order valence-corrected chi connectivity index (χ1v) is 7.57. The highest BCUT2D eigenvalue weighted by atomic mass is 16.5. The quantitative estimate of drug-likeness (QED) is 0.448. The van der Waals surface area contributed by atoms with Gasteiger partial charge in [0.05, 0.1) is 12.8 Å². The fourth-order valence-corrected chi connectivity index (χ4v) is 3.09. The lowest BCUT2D eigenvalue weighted by molar-refractivity contribution is 0.104. The van der Waals surface area contributed by atoms with E-state index in [4.69, 9.17) is 10.5 Å². The lowest BCUT2D eigenvalue weighted by Crippen LogP contribution is -1.99. The number of rotatable bonds is 2. The predicted octanol–water partition coefficient (Wildman–Crippen LogP) is 3.13. The molecule has 0 aliphatic heterocycles. The van der Waals surface area contributed by atoms with Crippen LogP contribution in [0.5, 0.6) is 17.2 Å². The molecule has 0 saturated carbocycles. The van der Waals surface area contributed by atoms with Crippen LogP contribution in [-0.2, 0) is 6.42 Å². The van der Waals surface area contributed by atoms with Crippen molar-refractivity contribution in [2.75, 3.05) is 12.8 Å². The van der Waals surface area contributed by atoms with Crippen molar-refractivity contribution in [1.82, 2.24) is 0 Å². The number of ketones is 1. The van der Waals surface area contributed by atoms with Crippen LogP contribution in [0.15, 0.2) is 23.8 Å². The second-order valence-electron chi connectivity index (χ2n) is 6.05. The Morgan fingerprint density at radius 1 is 1.12 bits per heavy atom. The molecule has 0 atom stereocenters. The molecule has 0 bridgehead atoms. The molecule has 1 aliphatic rings. The number of nitrogens with two attached hydrogens (primary N) is 1. The van der Waals surface area contributed by atoms with Crippen molar-refractivity contribution < 1.29 is 19.7 Å². The van der Waals surface area contributed by atoms with Gasteiger partial charge in [0, 0.05) is 17.6 Å².